The Hall–Kier alpha value is -3.34. The average Bonchev–Trinajstić information content (AvgIpc) is 3.11. The van der Waals surface area contributed by atoms with Crippen molar-refractivity contribution in [2.24, 2.45) is 5.10 Å². The van der Waals surface area contributed by atoms with Crippen molar-refractivity contribution in [2.45, 2.75) is 13.5 Å². The Kier molecular flexibility index (Phi) is 4.64. The van der Waals surface area contributed by atoms with Crippen LogP contribution in [0.5, 0.6) is 0 Å². The van der Waals surface area contributed by atoms with Gasteiger partial charge in [0.25, 0.3) is 0 Å². The lowest BCUT2D eigenvalue weighted by Gasteiger charge is -2.33. The molecule has 0 radical (unpaired) electrons. The maximum atomic E-state index is 4.75. The van der Waals surface area contributed by atoms with Crippen LogP contribution in [0, 0.1) is 0 Å². The number of fused-ring (bicyclic) bond motifs is 3. The molecule has 4 aromatic rings. The molecule has 5 nitrogen and oxygen atoms in total. The van der Waals surface area contributed by atoms with Gasteiger partial charge in [-0.05, 0) is 42.8 Å². The summed E-state index contributed by atoms with van der Waals surface area (Å²) in [7, 11) is 0. The molecule has 29 heavy (non-hydrogen) atoms. The van der Waals surface area contributed by atoms with E-state index < -0.39 is 0 Å². The van der Waals surface area contributed by atoms with Crippen LogP contribution in [0.1, 0.15) is 12.5 Å². The first-order chi connectivity index (χ1) is 14.3. The van der Waals surface area contributed by atoms with Gasteiger partial charge in [-0.3, -0.25) is 5.01 Å². The van der Waals surface area contributed by atoms with E-state index in [1.165, 1.54) is 21.8 Å². The Morgan fingerprint density at radius 3 is 2.48 bits per heavy atom. The predicted molar refractivity (Wildman–Crippen MR) is 121 cm³/mol. The second-order valence-corrected chi connectivity index (χ2v) is 7.41. The number of benzene rings is 2. The van der Waals surface area contributed by atoms with E-state index in [0.29, 0.717) is 0 Å². The molecule has 0 N–H and O–H groups in total. The normalized spacial score (nSPS) is 15.1. The van der Waals surface area contributed by atoms with Gasteiger partial charge in [0.2, 0.25) is 0 Å². The summed E-state index contributed by atoms with van der Waals surface area (Å²) in [4.78, 5) is 6.77. The summed E-state index contributed by atoms with van der Waals surface area (Å²) in [5, 5.41) is 9.51. The molecule has 1 aliphatic rings. The van der Waals surface area contributed by atoms with Crippen LogP contribution in [0.2, 0.25) is 0 Å². The monoisotopic (exact) mass is 383 g/mol. The maximum absolute atomic E-state index is 4.75. The third-order valence-corrected chi connectivity index (χ3v) is 5.71. The molecule has 2 aromatic heterocycles. The number of aromatic nitrogens is 2. The fraction of sp³-hybridized carbons (Fsp3) is 0.250. The van der Waals surface area contributed by atoms with Crippen LogP contribution < -0.4 is 4.90 Å². The molecular weight excluding hydrogens is 358 g/mol. The highest BCUT2D eigenvalue weighted by Crippen LogP contribution is 2.29. The zero-order valence-electron chi connectivity index (χ0n) is 16.7. The van der Waals surface area contributed by atoms with Crippen molar-refractivity contribution in [3.8, 4) is 0 Å². The number of hydrogen-bond donors (Lipinski definition) is 0. The number of para-hydroxylation sites is 1. The Morgan fingerprint density at radius 2 is 1.69 bits per heavy atom. The molecule has 0 saturated carbocycles. The van der Waals surface area contributed by atoms with Crippen molar-refractivity contribution in [3.63, 3.8) is 0 Å². The van der Waals surface area contributed by atoms with Gasteiger partial charge in [0.05, 0.1) is 19.3 Å². The molecular formula is C24H25N5. The fourth-order valence-corrected chi connectivity index (χ4v) is 4.22. The highest BCUT2D eigenvalue weighted by molar-refractivity contribution is 6.09. The molecule has 5 heteroatoms. The molecule has 0 aliphatic carbocycles. The minimum atomic E-state index is 0.907. The number of piperazine rings is 1. The summed E-state index contributed by atoms with van der Waals surface area (Å²) in [5.74, 6) is 1.05. The number of anilines is 1. The van der Waals surface area contributed by atoms with E-state index in [0.717, 1.165) is 44.1 Å². The van der Waals surface area contributed by atoms with Crippen molar-refractivity contribution >= 4 is 33.8 Å². The van der Waals surface area contributed by atoms with Gasteiger partial charge < -0.3 is 9.47 Å². The minimum absolute atomic E-state index is 0.907. The van der Waals surface area contributed by atoms with Crippen LogP contribution in [-0.4, -0.2) is 47.0 Å². The molecule has 146 valence electrons. The van der Waals surface area contributed by atoms with Crippen LogP contribution in [0.4, 0.5) is 5.82 Å². The Balaban J connectivity index is 1.34. The Bertz CT molecular complexity index is 1150. The molecule has 0 atom stereocenters. The predicted octanol–water partition coefficient (Wildman–Crippen LogP) is 4.37. The summed E-state index contributed by atoms with van der Waals surface area (Å²) in [6, 6.07) is 21.4. The fourth-order valence-electron chi connectivity index (χ4n) is 4.22. The summed E-state index contributed by atoms with van der Waals surface area (Å²) < 4.78 is 2.38. The molecule has 0 bridgehead atoms. The average molecular weight is 383 g/mol. The first kappa shape index (κ1) is 17.7. The van der Waals surface area contributed by atoms with Gasteiger partial charge in [-0.2, -0.15) is 5.10 Å². The Labute approximate surface area is 170 Å². The van der Waals surface area contributed by atoms with Gasteiger partial charge >= 0.3 is 0 Å². The topological polar surface area (TPSA) is 36.7 Å². The van der Waals surface area contributed by atoms with Crippen LogP contribution in [0.25, 0.3) is 21.8 Å². The highest BCUT2D eigenvalue weighted by atomic mass is 15.5. The van der Waals surface area contributed by atoms with Gasteiger partial charge in [0.1, 0.15) is 5.82 Å². The SMILES string of the molecule is CCn1c2ccccc2c2cc(C=NN3CCN(c4ccccn4)CC3)ccc21. The maximum Gasteiger partial charge on any atom is 0.128 e. The minimum Gasteiger partial charge on any atom is -0.353 e. The molecule has 2 aromatic carbocycles. The van der Waals surface area contributed by atoms with Crippen molar-refractivity contribution in [3.05, 3.63) is 72.4 Å². The lowest BCUT2D eigenvalue weighted by atomic mass is 10.1. The summed E-state index contributed by atoms with van der Waals surface area (Å²) in [6.07, 6.45) is 3.85. The van der Waals surface area contributed by atoms with Gasteiger partial charge in [-0.1, -0.05) is 30.3 Å². The van der Waals surface area contributed by atoms with Crippen LogP contribution in [-0.2, 0) is 6.54 Å². The third-order valence-electron chi connectivity index (χ3n) is 5.71. The quantitative estimate of drug-likeness (QED) is 0.491. The second-order valence-electron chi connectivity index (χ2n) is 7.41. The van der Waals surface area contributed by atoms with Crippen molar-refractivity contribution < 1.29 is 0 Å². The van der Waals surface area contributed by atoms with Gasteiger partial charge in [-0.25, -0.2) is 4.98 Å². The van der Waals surface area contributed by atoms with E-state index in [9.17, 15) is 0 Å². The number of aryl methyl sites for hydroxylation is 1. The summed E-state index contributed by atoms with van der Waals surface area (Å²) in [5.41, 5.74) is 3.73. The van der Waals surface area contributed by atoms with E-state index in [1.807, 2.05) is 24.5 Å². The van der Waals surface area contributed by atoms with Crippen molar-refractivity contribution in [1.82, 2.24) is 14.6 Å². The Morgan fingerprint density at radius 1 is 0.897 bits per heavy atom. The molecule has 0 spiro atoms. The van der Waals surface area contributed by atoms with Crippen molar-refractivity contribution in [2.75, 3.05) is 31.1 Å². The zero-order chi connectivity index (χ0) is 19.6. The van der Waals surface area contributed by atoms with E-state index in [2.05, 4.69) is 74.9 Å². The van der Waals surface area contributed by atoms with E-state index >= 15 is 0 Å². The molecule has 1 fully saturated rings. The number of hydrogen-bond acceptors (Lipinski definition) is 4. The van der Waals surface area contributed by atoms with Gasteiger partial charge in [0, 0.05) is 47.6 Å². The van der Waals surface area contributed by atoms with Gasteiger partial charge in [-0.15, -0.1) is 0 Å². The smallest absolute Gasteiger partial charge is 0.128 e. The first-order valence-corrected chi connectivity index (χ1v) is 10.3. The molecule has 1 saturated heterocycles. The standard InChI is InChI=1S/C24H25N5/c1-2-29-22-8-4-3-7-20(22)21-17-19(10-11-23(21)29)18-26-28-15-13-27(14-16-28)24-9-5-6-12-25-24/h3-12,17-18H,2,13-16H2,1H3. The van der Waals surface area contributed by atoms with Crippen LogP contribution >= 0.6 is 0 Å². The molecule has 0 amide bonds. The second kappa shape index (κ2) is 7.59. The molecule has 0 unspecified atom stereocenters. The first-order valence-electron chi connectivity index (χ1n) is 10.3. The van der Waals surface area contributed by atoms with Gasteiger partial charge in [0.15, 0.2) is 0 Å². The van der Waals surface area contributed by atoms with Crippen LogP contribution in [0.15, 0.2) is 72.0 Å². The summed E-state index contributed by atoms with van der Waals surface area (Å²) >= 11 is 0. The lowest BCUT2D eigenvalue weighted by Crippen LogP contribution is -2.44. The van der Waals surface area contributed by atoms with E-state index in [1.54, 1.807) is 0 Å². The van der Waals surface area contributed by atoms with Crippen LogP contribution in [0.3, 0.4) is 0 Å². The van der Waals surface area contributed by atoms with Crippen molar-refractivity contribution in [1.29, 1.82) is 0 Å². The number of pyridine rings is 1. The largest absolute Gasteiger partial charge is 0.353 e. The van der Waals surface area contributed by atoms with E-state index in [4.69, 9.17) is 5.10 Å². The molecule has 3 heterocycles. The van der Waals surface area contributed by atoms with E-state index in [-0.39, 0.29) is 0 Å². The summed E-state index contributed by atoms with van der Waals surface area (Å²) in [6.45, 7) is 6.87. The highest BCUT2D eigenvalue weighted by Gasteiger charge is 2.16. The third kappa shape index (κ3) is 3.33. The number of nitrogens with zero attached hydrogens (tertiary/aromatic N) is 5. The molecule has 1 aliphatic heterocycles. The zero-order valence-corrected chi connectivity index (χ0v) is 16.7. The molecule has 5 rings (SSSR count). The number of rotatable bonds is 4. The number of hydrazone groups is 1. The lowest BCUT2D eigenvalue weighted by molar-refractivity contribution is 0.271.